The van der Waals surface area contributed by atoms with Crippen LogP contribution in [0.3, 0.4) is 0 Å². The number of hydrogen-bond donors (Lipinski definition) is 0. The van der Waals surface area contributed by atoms with Crippen molar-refractivity contribution in [2.24, 2.45) is 0 Å². The summed E-state index contributed by atoms with van der Waals surface area (Å²) in [5, 5.41) is 0.410. The first-order chi connectivity index (χ1) is 11.2. The highest BCUT2D eigenvalue weighted by Gasteiger charge is 2.17. The Bertz CT molecular complexity index is 911. The van der Waals surface area contributed by atoms with E-state index >= 15 is 0 Å². The zero-order chi connectivity index (χ0) is 16.4. The van der Waals surface area contributed by atoms with Gasteiger partial charge in [0.15, 0.2) is 5.76 Å². The van der Waals surface area contributed by atoms with Gasteiger partial charge in [-0.05, 0) is 30.3 Å². The van der Waals surface area contributed by atoms with Crippen LogP contribution in [0.4, 0.5) is 0 Å². The second-order valence-electron chi connectivity index (χ2n) is 4.89. The molecule has 0 aliphatic heterocycles. The van der Waals surface area contributed by atoms with E-state index in [1.807, 2.05) is 18.2 Å². The van der Waals surface area contributed by atoms with Crippen LogP contribution in [-0.2, 0) is 0 Å². The summed E-state index contributed by atoms with van der Waals surface area (Å²) in [6.07, 6.45) is 0. The molecule has 0 saturated carbocycles. The van der Waals surface area contributed by atoms with Gasteiger partial charge in [0.1, 0.15) is 17.1 Å². The third-order valence-electron chi connectivity index (χ3n) is 3.59. The molecule has 0 bridgehead atoms. The first kappa shape index (κ1) is 15.0. The fraction of sp³-hybridized carbons (Fsp3) is 0.167. The predicted octanol–water partition coefficient (Wildman–Crippen LogP) is 3.49. The summed E-state index contributed by atoms with van der Waals surface area (Å²) in [6.45, 7) is 0. The van der Waals surface area contributed by atoms with Gasteiger partial charge in [-0.15, -0.1) is 0 Å². The Kier molecular flexibility index (Phi) is 3.93. The predicted molar refractivity (Wildman–Crippen MR) is 87.6 cm³/mol. The van der Waals surface area contributed by atoms with Crippen LogP contribution in [0.1, 0.15) is 0 Å². The van der Waals surface area contributed by atoms with Crippen molar-refractivity contribution < 1.29 is 18.6 Å². The number of benzene rings is 2. The summed E-state index contributed by atoms with van der Waals surface area (Å²) in [6, 6.07) is 12.4. The van der Waals surface area contributed by atoms with Crippen molar-refractivity contribution in [3.63, 3.8) is 0 Å². The molecular formula is C18H16O5. The summed E-state index contributed by atoms with van der Waals surface area (Å²) >= 11 is 0. The first-order valence-corrected chi connectivity index (χ1v) is 7.01. The van der Waals surface area contributed by atoms with E-state index in [4.69, 9.17) is 18.6 Å². The van der Waals surface area contributed by atoms with Gasteiger partial charge in [-0.25, -0.2) is 0 Å². The average molecular weight is 312 g/mol. The van der Waals surface area contributed by atoms with Gasteiger partial charge in [0.2, 0.25) is 11.2 Å². The van der Waals surface area contributed by atoms with Crippen LogP contribution in [0, 0.1) is 0 Å². The Morgan fingerprint density at radius 2 is 1.61 bits per heavy atom. The van der Waals surface area contributed by atoms with Crippen LogP contribution in [0.15, 0.2) is 51.7 Å². The molecule has 1 aromatic heterocycles. The lowest BCUT2D eigenvalue weighted by molar-refractivity contribution is 0.397. The van der Waals surface area contributed by atoms with E-state index in [2.05, 4.69) is 0 Å². The molecule has 1 heterocycles. The second-order valence-corrected chi connectivity index (χ2v) is 4.89. The monoisotopic (exact) mass is 312 g/mol. The van der Waals surface area contributed by atoms with Crippen molar-refractivity contribution in [2.75, 3.05) is 21.3 Å². The molecule has 0 fully saturated rings. The van der Waals surface area contributed by atoms with Gasteiger partial charge in [0.25, 0.3) is 0 Å². The zero-order valence-electron chi connectivity index (χ0n) is 13.1. The molecule has 0 saturated heterocycles. The lowest BCUT2D eigenvalue weighted by atomic mass is 10.1. The summed E-state index contributed by atoms with van der Waals surface area (Å²) in [5.41, 5.74) is 0.927. The molecule has 0 spiro atoms. The summed E-state index contributed by atoms with van der Waals surface area (Å²) in [4.78, 5) is 12.7. The highest BCUT2D eigenvalue weighted by molar-refractivity contribution is 5.83. The summed E-state index contributed by atoms with van der Waals surface area (Å²) in [5.74, 6) is 1.77. The van der Waals surface area contributed by atoms with Crippen LogP contribution >= 0.6 is 0 Å². The maximum absolute atomic E-state index is 12.7. The Morgan fingerprint density at radius 3 is 2.30 bits per heavy atom. The molecule has 5 heteroatoms. The third kappa shape index (κ3) is 2.61. The van der Waals surface area contributed by atoms with Gasteiger partial charge >= 0.3 is 0 Å². The Morgan fingerprint density at radius 1 is 0.870 bits per heavy atom. The van der Waals surface area contributed by atoms with Crippen molar-refractivity contribution >= 4 is 11.0 Å². The minimum atomic E-state index is -0.245. The van der Waals surface area contributed by atoms with Gasteiger partial charge in [-0.3, -0.25) is 4.79 Å². The molecule has 0 amide bonds. The highest BCUT2D eigenvalue weighted by Crippen LogP contribution is 2.33. The van der Waals surface area contributed by atoms with Crippen LogP contribution in [0.5, 0.6) is 17.2 Å². The van der Waals surface area contributed by atoms with E-state index in [0.29, 0.717) is 33.8 Å². The molecule has 3 rings (SSSR count). The Hall–Kier alpha value is -2.95. The summed E-state index contributed by atoms with van der Waals surface area (Å²) in [7, 11) is 4.58. The Balaban J connectivity index is 2.30. The van der Waals surface area contributed by atoms with Crippen molar-refractivity contribution in [1.29, 1.82) is 0 Å². The first-order valence-electron chi connectivity index (χ1n) is 7.01. The number of rotatable bonds is 4. The van der Waals surface area contributed by atoms with Crippen LogP contribution in [-0.4, -0.2) is 21.3 Å². The van der Waals surface area contributed by atoms with Crippen LogP contribution in [0.25, 0.3) is 22.3 Å². The quantitative estimate of drug-likeness (QED) is 0.738. The van der Waals surface area contributed by atoms with E-state index in [1.165, 1.54) is 7.11 Å². The molecule has 0 radical (unpaired) electrons. The normalized spacial score (nSPS) is 10.6. The lowest BCUT2D eigenvalue weighted by Crippen LogP contribution is -2.07. The fourth-order valence-electron chi connectivity index (χ4n) is 2.42. The second kappa shape index (κ2) is 6.04. The van der Waals surface area contributed by atoms with E-state index in [-0.39, 0.29) is 11.2 Å². The van der Waals surface area contributed by atoms with E-state index in [9.17, 15) is 4.79 Å². The zero-order valence-corrected chi connectivity index (χ0v) is 13.1. The molecule has 3 aromatic rings. The van der Waals surface area contributed by atoms with Gasteiger partial charge in [-0.1, -0.05) is 12.1 Å². The van der Waals surface area contributed by atoms with Crippen molar-refractivity contribution in [1.82, 2.24) is 0 Å². The molecule has 5 nitrogen and oxygen atoms in total. The van der Waals surface area contributed by atoms with Gasteiger partial charge < -0.3 is 18.6 Å². The third-order valence-corrected chi connectivity index (χ3v) is 3.59. The van der Waals surface area contributed by atoms with Crippen molar-refractivity contribution in [3.05, 3.63) is 52.7 Å². The van der Waals surface area contributed by atoms with E-state index in [1.54, 1.807) is 38.5 Å². The highest BCUT2D eigenvalue weighted by atomic mass is 16.5. The molecule has 0 aliphatic rings. The number of fused-ring (bicyclic) bond motifs is 1. The molecule has 2 aromatic carbocycles. The molecule has 23 heavy (non-hydrogen) atoms. The largest absolute Gasteiger partial charge is 0.497 e. The standard InChI is InChI=1S/C18H16O5/c1-20-12-6-4-5-11(9-12)17-18(22-3)16(19)14-10-13(21-2)7-8-15(14)23-17/h4-10H,1-3H3. The molecule has 0 unspecified atom stereocenters. The van der Waals surface area contributed by atoms with Gasteiger partial charge in [-0.2, -0.15) is 0 Å². The molecule has 0 atom stereocenters. The Labute approximate surface area is 133 Å². The SMILES string of the molecule is COc1cccc(-c2oc3ccc(OC)cc3c(=O)c2OC)c1. The summed E-state index contributed by atoms with van der Waals surface area (Å²) < 4.78 is 21.6. The van der Waals surface area contributed by atoms with Crippen molar-refractivity contribution in [3.8, 4) is 28.6 Å². The minimum absolute atomic E-state index is 0.152. The average Bonchev–Trinajstić information content (AvgIpc) is 2.61. The number of methoxy groups -OCH3 is 3. The van der Waals surface area contributed by atoms with E-state index in [0.717, 1.165) is 0 Å². The molecular weight excluding hydrogens is 296 g/mol. The fourth-order valence-corrected chi connectivity index (χ4v) is 2.42. The topological polar surface area (TPSA) is 57.9 Å². The smallest absolute Gasteiger partial charge is 0.235 e. The molecule has 0 N–H and O–H groups in total. The maximum atomic E-state index is 12.7. The number of hydrogen-bond acceptors (Lipinski definition) is 5. The minimum Gasteiger partial charge on any atom is -0.497 e. The molecule has 118 valence electrons. The lowest BCUT2D eigenvalue weighted by Gasteiger charge is -2.10. The molecule has 0 aliphatic carbocycles. The van der Waals surface area contributed by atoms with E-state index < -0.39 is 0 Å². The van der Waals surface area contributed by atoms with Crippen molar-refractivity contribution in [2.45, 2.75) is 0 Å². The van der Waals surface area contributed by atoms with Gasteiger partial charge in [0.05, 0.1) is 26.7 Å². The number of ether oxygens (including phenoxy) is 3. The van der Waals surface area contributed by atoms with Gasteiger partial charge in [0, 0.05) is 5.56 Å². The maximum Gasteiger partial charge on any atom is 0.235 e. The van der Waals surface area contributed by atoms with Crippen LogP contribution in [0.2, 0.25) is 0 Å². The van der Waals surface area contributed by atoms with Crippen LogP contribution < -0.4 is 19.6 Å².